The smallest absolute Gasteiger partial charge is 0.234 e. The molecule has 0 unspecified atom stereocenters. The summed E-state index contributed by atoms with van der Waals surface area (Å²) >= 11 is 0. The Bertz CT molecular complexity index is 927. The van der Waals surface area contributed by atoms with Crippen LogP contribution < -0.4 is 0 Å². The summed E-state index contributed by atoms with van der Waals surface area (Å²) < 4.78 is 1.96. The molecule has 0 bridgehead atoms. The molecule has 0 aliphatic rings. The lowest BCUT2D eigenvalue weighted by atomic mass is 10.1. The molecule has 2 aromatic carbocycles. The summed E-state index contributed by atoms with van der Waals surface area (Å²) in [4.78, 5) is 8.52. The second-order valence-corrected chi connectivity index (χ2v) is 4.68. The van der Waals surface area contributed by atoms with Crippen molar-refractivity contribution in [3.8, 4) is 17.0 Å². The highest BCUT2D eigenvalue weighted by atomic mass is 16.3. The minimum absolute atomic E-state index is 0.282. The Hall–Kier alpha value is -2.88. The van der Waals surface area contributed by atoms with Gasteiger partial charge in [-0.25, -0.2) is 9.97 Å². The van der Waals surface area contributed by atoms with Crippen molar-refractivity contribution in [2.75, 3.05) is 0 Å². The fourth-order valence-electron chi connectivity index (χ4n) is 2.43. The molecule has 4 nitrogen and oxygen atoms in total. The zero-order valence-corrected chi connectivity index (χ0v) is 10.6. The maximum Gasteiger partial charge on any atom is 0.234 e. The average Bonchev–Trinajstić information content (AvgIpc) is 2.91. The standard InChI is InChI=1S/C16H11N3O/c20-14-5-4-11-8-13(3-2-12(11)9-14)15-10-18-16-17-6-1-7-19(15)16/h1-10,20H. The number of hydrogen-bond donors (Lipinski definition) is 1. The average molecular weight is 261 g/mol. The van der Waals surface area contributed by atoms with Gasteiger partial charge in [0.25, 0.3) is 0 Å². The van der Waals surface area contributed by atoms with E-state index in [0.29, 0.717) is 5.78 Å². The molecule has 0 aliphatic carbocycles. The van der Waals surface area contributed by atoms with Crippen LogP contribution in [0.1, 0.15) is 0 Å². The number of nitrogens with zero attached hydrogens (tertiary/aromatic N) is 3. The van der Waals surface area contributed by atoms with E-state index in [-0.39, 0.29) is 5.75 Å². The van der Waals surface area contributed by atoms with Gasteiger partial charge in [0.15, 0.2) is 0 Å². The number of phenols is 1. The molecule has 0 saturated heterocycles. The Morgan fingerprint density at radius 1 is 0.950 bits per heavy atom. The Labute approximate surface area is 115 Å². The third-order valence-corrected chi connectivity index (χ3v) is 3.41. The molecule has 4 rings (SSSR count). The lowest BCUT2D eigenvalue weighted by Crippen LogP contribution is -1.89. The monoisotopic (exact) mass is 261 g/mol. The number of aromatic hydroxyl groups is 1. The van der Waals surface area contributed by atoms with Gasteiger partial charge in [0, 0.05) is 18.0 Å². The second-order valence-electron chi connectivity index (χ2n) is 4.68. The normalized spacial score (nSPS) is 11.2. The molecule has 0 atom stereocenters. The summed E-state index contributed by atoms with van der Waals surface area (Å²) in [5.41, 5.74) is 2.08. The van der Waals surface area contributed by atoms with Gasteiger partial charge in [-0.1, -0.05) is 18.2 Å². The number of benzene rings is 2. The quantitative estimate of drug-likeness (QED) is 0.572. The third-order valence-electron chi connectivity index (χ3n) is 3.41. The van der Waals surface area contributed by atoms with Crippen LogP contribution in [-0.4, -0.2) is 19.5 Å². The van der Waals surface area contributed by atoms with E-state index < -0.39 is 0 Å². The molecular weight excluding hydrogens is 250 g/mol. The van der Waals surface area contributed by atoms with Crippen molar-refractivity contribution in [3.05, 3.63) is 61.1 Å². The molecule has 1 N–H and O–H groups in total. The van der Waals surface area contributed by atoms with E-state index in [1.165, 1.54) is 0 Å². The van der Waals surface area contributed by atoms with Gasteiger partial charge in [0.05, 0.1) is 11.9 Å². The first-order valence-electron chi connectivity index (χ1n) is 6.32. The minimum atomic E-state index is 0.282. The molecule has 4 heteroatoms. The Kier molecular flexibility index (Phi) is 2.23. The van der Waals surface area contributed by atoms with E-state index in [2.05, 4.69) is 16.0 Å². The van der Waals surface area contributed by atoms with Gasteiger partial charge in [-0.05, 0) is 35.0 Å². The molecule has 2 aromatic heterocycles. The number of aromatic nitrogens is 3. The fourth-order valence-corrected chi connectivity index (χ4v) is 2.43. The van der Waals surface area contributed by atoms with Crippen molar-refractivity contribution in [1.82, 2.24) is 14.4 Å². The number of fused-ring (bicyclic) bond motifs is 2. The predicted octanol–water partition coefficient (Wildman–Crippen LogP) is 3.26. The maximum absolute atomic E-state index is 9.50. The van der Waals surface area contributed by atoms with E-state index in [1.807, 2.05) is 41.1 Å². The molecule has 0 saturated carbocycles. The Morgan fingerprint density at radius 2 is 1.80 bits per heavy atom. The highest BCUT2D eigenvalue weighted by Gasteiger charge is 2.06. The van der Waals surface area contributed by atoms with Crippen molar-refractivity contribution < 1.29 is 5.11 Å². The van der Waals surface area contributed by atoms with Crippen molar-refractivity contribution >= 4 is 16.6 Å². The topological polar surface area (TPSA) is 50.4 Å². The molecule has 96 valence electrons. The molecule has 20 heavy (non-hydrogen) atoms. The summed E-state index contributed by atoms with van der Waals surface area (Å²) in [6.45, 7) is 0. The van der Waals surface area contributed by atoms with Gasteiger partial charge in [0.1, 0.15) is 5.75 Å². The highest BCUT2D eigenvalue weighted by Crippen LogP contribution is 2.26. The lowest BCUT2D eigenvalue weighted by molar-refractivity contribution is 0.476. The van der Waals surface area contributed by atoms with Crippen LogP contribution in [0.15, 0.2) is 61.1 Å². The molecule has 0 radical (unpaired) electrons. The van der Waals surface area contributed by atoms with Gasteiger partial charge in [0.2, 0.25) is 5.78 Å². The molecule has 0 fully saturated rings. The fraction of sp³-hybridized carbons (Fsp3) is 0. The van der Waals surface area contributed by atoms with Crippen LogP contribution in [0, 0.1) is 0 Å². The summed E-state index contributed by atoms with van der Waals surface area (Å²) in [7, 11) is 0. The third kappa shape index (κ3) is 1.62. The minimum Gasteiger partial charge on any atom is -0.508 e. The van der Waals surface area contributed by atoms with Gasteiger partial charge in [-0.2, -0.15) is 0 Å². The number of phenolic OH excluding ortho intramolecular Hbond substituents is 1. The van der Waals surface area contributed by atoms with Crippen LogP contribution in [-0.2, 0) is 0 Å². The summed E-state index contributed by atoms with van der Waals surface area (Å²) in [5, 5.41) is 11.6. The molecule has 4 aromatic rings. The zero-order valence-electron chi connectivity index (χ0n) is 10.6. The van der Waals surface area contributed by atoms with Crippen LogP contribution >= 0.6 is 0 Å². The number of imidazole rings is 1. The van der Waals surface area contributed by atoms with Gasteiger partial charge >= 0.3 is 0 Å². The zero-order chi connectivity index (χ0) is 13.5. The first-order valence-corrected chi connectivity index (χ1v) is 6.32. The van der Waals surface area contributed by atoms with Crippen molar-refractivity contribution in [2.45, 2.75) is 0 Å². The first kappa shape index (κ1) is 11.0. The largest absolute Gasteiger partial charge is 0.508 e. The number of hydrogen-bond acceptors (Lipinski definition) is 3. The van der Waals surface area contributed by atoms with Crippen LogP contribution in [0.25, 0.3) is 27.8 Å². The van der Waals surface area contributed by atoms with Gasteiger partial charge in [-0.3, -0.25) is 4.40 Å². The number of rotatable bonds is 1. The van der Waals surface area contributed by atoms with Crippen LogP contribution in [0.4, 0.5) is 0 Å². The van der Waals surface area contributed by atoms with Crippen LogP contribution in [0.2, 0.25) is 0 Å². The van der Waals surface area contributed by atoms with E-state index in [9.17, 15) is 5.11 Å². The molecule has 0 amide bonds. The Morgan fingerprint density at radius 3 is 2.75 bits per heavy atom. The maximum atomic E-state index is 9.50. The lowest BCUT2D eigenvalue weighted by Gasteiger charge is -2.04. The predicted molar refractivity (Wildman–Crippen MR) is 77.6 cm³/mol. The van der Waals surface area contributed by atoms with Crippen molar-refractivity contribution in [2.24, 2.45) is 0 Å². The second kappa shape index (κ2) is 4.06. The summed E-state index contributed by atoms with van der Waals surface area (Å²) in [5.74, 6) is 0.970. The summed E-state index contributed by atoms with van der Waals surface area (Å²) in [6, 6.07) is 13.4. The molecule has 0 aliphatic heterocycles. The van der Waals surface area contributed by atoms with Crippen LogP contribution in [0.5, 0.6) is 5.75 Å². The van der Waals surface area contributed by atoms with E-state index in [1.54, 1.807) is 18.3 Å². The van der Waals surface area contributed by atoms with E-state index in [0.717, 1.165) is 22.0 Å². The highest BCUT2D eigenvalue weighted by molar-refractivity contribution is 5.88. The van der Waals surface area contributed by atoms with E-state index >= 15 is 0 Å². The molecule has 0 spiro atoms. The SMILES string of the molecule is Oc1ccc2cc(-c3cnc4ncccn34)ccc2c1. The first-order chi connectivity index (χ1) is 9.81. The molecule has 2 heterocycles. The van der Waals surface area contributed by atoms with Crippen molar-refractivity contribution in [3.63, 3.8) is 0 Å². The Balaban J connectivity index is 1.96. The molecular formula is C16H11N3O. The van der Waals surface area contributed by atoms with Gasteiger partial charge < -0.3 is 5.11 Å². The van der Waals surface area contributed by atoms with Crippen LogP contribution in [0.3, 0.4) is 0 Å². The summed E-state index contributed by atoms with van der Waals surface area (Å²) in [6.07, 6.45) is 5.50. The van der Waals surface area contributed by atoms with Gasteiger partial charge in [-0.15, -0.1) is 0 Å². The van der Waals surface area contributed by atoms with E-state index in [4.69, 9.17) is 0 Å². The van der Waals surface area contributed by atoms with Crippen molar-refractivity contribution in [1.29, 1.82) is 0 Å².